The first-order chi connectivity index (χ1) is 10.2. The summed E-state index contributed by atoms with van der Waals surface area (Å²) < 4.78 is 17.1. The fourth-order valence-electron chi connectivity index (χ4n) is 3.99. The molecule has 1 aromatic carbocycles. The maximum absolute atomic E-state index is 9.66. The van der Waals surface area contributed by atoms with E-state index in [4.69, 9.17) is 14.2 Å². The van der Waals surface area contributed by atoms with Crippen LogP contribution in [-0.2, 0) is 9.47 Å². The summed E-state index contributed by atoms with van der Waals surface area (Å²) in [6.07, 6.45) is 6.75. The van der Waals surface area contributed by atoms with Crippen molar-refractivity contribution in [2.24, 2.45) is 17.3 Å². The molecule has 4 nitrogen and oxygen atoms in total. The summed E-state index contributed by atoms with van der Waals surface area (Å²) in [4.78, 5) is 0. The summed E-state index contributed by atoms with van der Waals surface area (Å²) in [5, 5.41) is 9.66. The molecule has 1 aromatic rings. The molecule has 1 heterocycles. The summed E-state index contributed by atoms with van der Waals surface area (Å²) in [6.45, 7) is 1.48. The van der Waals surface area contributed by atoms with Crippen molar-refractivity contribution in [2.75, 3.05) is 20.3 Å². The van der Waals surface area contributed by atoms with E-state index < -0.39 is 0 Å². The maximum Gasteiger partial charge on any atom is 0.183 e. The molecule has 21 heavy (non-hydrogen) atoms. The van der Waals surface area contributed by atoms with Crippen LogP contribution < -0.4 is 4.74 Å². The number of hydrogen-bond acceptors (Lipinski definition) is 4. The molecule has 112 valence electrons. The zero-order valence-electron chi connectivity index (χ0n) is 12.1. The largest absolute Gasteiger partial charge is 0.504 e. The van der Waals surface area contributed by atoms with Gasteiger partial charge in [-0.3, -0.25) is 0 Å². The molecule has 3 aliphatic rings. The van der Waals surface area contributed by atoms with Gasteiger partial charge in [0.05, 0.1) is 20.3 Å². The Kier molecular flexibility index (Phi) is 2.98. The molecule has 1 aliphatic heterocycles. The van der Waals surface area contributed by atoms with E-state index in [1.807, 2.05) is 6.07 Å². The normalized spacial score (nSPS) is 37.3. The Morgan fingerprint density at radius 3 is 2.67 bits per heavy atom. The SMILES string of the molecule is COc1cc(C2OCC3(CO2)C[C@H]2C=C[C@@H]3C2)ccc1O. The molecule has 1 saturated heterocycles. The van der Waals surface area contributed by atoms with Crippen molar-refractivity contribution in [3.05, 3.63) is 35.9 Å². The number of phenols is 1. The summed E-state index contributed by atoms with van der Waals surface area (Å²) in [7, 11) is 1.54. The van der Waals surface area contributed by atoms with E-state index in [2.05, 4.69) is 12.2 Å². The van der Waals surface area contributed by atoms with Crippen molar-refractivity contribution in [3.8, 4) is 11.5 Å². The van der Waals surface area contributed by atoms with Gasteiger partial charge in [0, 0.05) is 11.0 Å². The van der Waals surface area contributed by atoms with Crippen LogP contribution in [0.15, 0.2) is 30.4 Å². The number of benzene rings is 1. The van der Waals surface area contributed by atoms with E-state index in [-0.39, 0.29) is 17.5 Å². The van der Waals surface area contributed by atoms with E-state index in [0.29, 0.717) is 17.6 Å². The van der Waals surface area contributed by atoms with Crippen LogP contribution in [0, 0.1) is 17.3 Å². The summed E-state index contributed by atoms with van der Waals surface area (Å²) in [6, 6.07) is 5.21. The molecule has 0 amide bonds. The highest BCUT2D eigenvalue weighted by Crippen LogP contribution is 2.54. The Bertz CT molecular complexity index is 572. The highest BCUT2D eigenvalue weighted by Gasteiger charge is 2.51. The lowest BCUT2D eigenvalue weighted by molar-refractivity contribution is -0.239. The number of aromatic hydroxyl groups is 1. The topological polar surface area (TPSA) is 47.9 Å². The summed E-state index contributed by atoms with van der Waals surface area (Å²) in [5.41, 5.74) is 1.06. The van der Waals surface area contributed by atoms with Gasteiger partial charge in [-0.05, 0) is 36.8 Å². The number of rotatable bonds is 2. The van der Waals surface area contributed by atoms with Crippen LogP contribution in [0.1, 0.15) is 24.7 Å². The Hall–Kier alpha value is -1.52. The lowest BCUT2D eigenvalue weighted by atomic mass is 9.76. The predicted octanol–water partition coefficient (Wildman–Crippen LogP) is 3.03. The molecular formula is C17H20O4. The molecule has 0 radical (unpaired) electrons. The average molecular weight is 288 g/mol. The minimum atomic E-state index is -0.367. The Balaban J connectivity index is 1.49. The van der Waals surface area contributed by atoms with E-state index in [9.17, 15) is 5.11 Å². The molecule has 2 atom stereocenters. The average Bonchev–Trinajstić information content (AvgIpc) is 3.10. The molecule has 0 unspecified atom stereocenters. The second-order valence-electron chi connectivity index (χ2n) is 6.44. The van der Waals surface area contributed by atoms with Crippen LogP contribution in [0.5, 0.6) is 11.5 Å². The highest BCUT2D eigenvalue weighted by molar-refractivity contribution is 5.42. The molecule has 1 saturated carbocycles. The Morgan fingerprint density at radius 2 is 2.05 bits per heavy atom. The van der Waals surface area contributed by atoms with Gasteiger partial charge in [-0.15, -0.1) is 0 Å². The zero-order valence-corrected chi connectivity index (χ0v) is 12.1. The molecular weight excluding hydrogens is 268 g/mol. The second-order valence-corrected chi connectivity index (χ2v) is 6.44. The predicted molar refractivity (Wildman–Crippen MR) is 77.1 cm³/mol. The fourth-order valence-corrected chi connectivity index (χ4v) is 3.99. The van der Waals surface area contributed by atoms with Crippen LogP contribution in [-0.4, -0.2) is 25.4 Å². The number of methoxy groups -OCH3 is 1. The molecule has 2 fully saturated rings. The van der Waals surface area contributed by atoms with Gasteiger partial charge in [-0.1, -0.05) is 18.2 Å². The quantitative estimate of drug-likeness (QED) is 0.850. The van der Waals surface area contributed by atoms with Crippen LogP contribution in [0.25, 0.3) is 0 Å². The number of hydrogen-bond donors (Lipinski definition) is 1. The third kappa shape index (κ3) is 2.05. The third-order valence-electron chi connectivity index (χ3n) is 5.15. The highest BCUT2D eigenvalue weighted by atomic mass is 16.7. The van der Waals surface area contributed by atoms with Crippen molar-refractivity contribution in [2.45, 2.75) is 19.1 Å². The van der Waals surface area contributed by atoms with Crippen molar-refractivity contribution in [3.63, 3.8) is 0 Å². The minimum absolute atomic E-state index is 0.131. The first kappa shape index (κ1) is 13.2. The first-order valence-electron chi connectivity index (χ1n) is 7.49. The molecule has 4 rings (SSSR count). The number of allylic oxidation sites excluding steroid dienone is 2. The zero-order chi connectivity index (χ0) is 14.4. The summed E-state index contributed by atoms with van der Waals surface area (Å²) in [5.74, 6) is 1.90. The lowest BCUT2D eigenvalue weighted by Crippen LogP contribution is -2.41. The van der Waals surface area contributed by atoms with Gasteiger partial charge in [-0.2, -0.15) is 0 Å². The van der Waals surface area contributed by atoms with Gasteiger partial charge in [0.25, 0.3) is 0 Å². The van der Waals surface area contributed by atoms with Gasteiger partial charge in [0.15, 0.2) is 17.8 Å². The van der Waals surface area contributed by atoms with Gasteiger partial charge in [0.2, 0.25) is 0 Å². The molecule has 2 aliphatic carbocycles. The lowest BCUT2D eigenvalue weighted by Gasteiger charge is -2.41. The van der Waals surface area contributed by atoms with Gasteiger partial charge < -0.3 is 19.3 Å². The fraction of sp³-hybridized carbons (Fsp3) is 0.529. The van der Waals surface area contributed by atoms with Crippen molar-refractivity contribution >= 4 is 0 Å². The number of ether oxygens (including phenoxy) is 3. The molecule has 2 bridgehead atoms. The van der Waals surface area contributed by atoms with Gasteiger partial charge >= 0.3 is 0 Å². The van der Waals surface area contributed by atoms with Gasteiger partial charge in [-0.25, -0.2) is 0 Å². The van der Waals surface area contributed by atoms with E-state index in [1.165, 1.54) is 20.0 Å². The van der Waals surface area contributed by atoms with Crippen LogP contribution in [0.3, 0.4) is 0 Å². The smallest absolute Gasteiger partial charge is 0.183 e. The Morgan fingerprint density at radius 1 is 1.24 bits per heavy atom. The van der Waals surface area contributed by atoms with E-state index in [0.717, 1.165) is 18.8 Å². The Labute approximate surface area is 124 Å². The van der Waals surface area contributed by atoms with Crippen LogP contribution in [0.4, 0.5) is 0 Å². The third-order valence-corrected chi connectivity index (χ3v) is 5.15. The number of phenolic OH excluding ortho intramolecular Hbond substituents is 1. The van der Waals surface area contributed by atoms with Gasteiger partial charge in [0.1, 0.15) is 0 Å². The monoisotopic (exact) mass is 288 g/mol. The molecule has 0 aromatic heterocycles. The molecule has 1 N–H and O–H groups in total. The van der Waals surface area contributed by atoms with Crippen molar-refractivity contribution < 1.29 is 19.3 Å². The molecule has 4 heteroatoms. The minimum Gasteiger partial charge on any atom is -0.504 e. The standard InChI is InChI=1S/C17H20O4/c1-19-15-7-12(3-5-14(15)18)16-20-9-17(10-21-16)8-11-2-4-13(17)6-11/h2-5,7,11,13,16,18H,6,8-10H2,1H3/t11-,13+,16?,17?/m0/s1. The van der Waals surface area contributed by atoms with E-state index >= 15 is 0 Å². The number of fused-ring (bicyclic) bond motifs is 3. The molecule has 1 spiro atoms. The van der Waals surface area contributed by atoms with Crippen LogP contribution >= 0.6 is 0 Å². The van der Waals surface area contributed by atoms with Crippen LogP contribution in [0.2, 0.25) is 0 Å². The summed E-state index contributed by atoms with van der Waals surface area (Å²) >= 11 is 0. The first-order valence-corrected chi connectivity index (χ1v) is 7.49. The van der Waals surface area contributed by atoms with Crippen molar-refractivity contribution in [1.29, 1.82) is 0 Å². The van der Waals surface area contributed by atoms with E-state index in [1.54, 1.807) is 12.1 Å². The second kappa shape index (κ2) is 4.75. The van der Waals surface area contributed by atoms with Crippen molar-refractivity contribution in [1.82, 2.24) is 0 Å². The maximum atomic E-state index is 9.66.